The minimum absolute atomic E-state index is 0.324. The van der Waals surface area contributed by atoms with Crippen LogP contribution in [0.2, 0.25) is 0 Å². The van der Waals surface area contributed by atoms with E-state index >= 15 is 0 Å². The first kappa shape index (κ1) is 16.0. The van der Waals surface area contributed by atoms with Crippen molar-refractivity contribution < 1.29 is 0 Å². The quantitative estimate of drug-likeness (QED) is 0.780. The second-order valence-corrected chi connectivity index (χ2v) is 7.50. The van der Waals surface area contributed by atoms with Gasteiger partial charge in [0.1, 0.15) is 0 Å². The van der Waals surface area contributed by atoms with Gasteiger partial charge in [0.05, 0.1) is 0 Å². The molecule has 108 valence electrons. The van der Waals surface area contributed by atoms with Gasteiger partial charge in [-0.2, -0.15) is 0 Å². The average molecular weight is 254 g/mol. The number of piperazine rings is 1. The van der Waals surface area contributed by atoms with E-state index in [0.717, 1.165) is 18.4 Å². The molecule has 1 fully saturated rings. The fourth-order valence-electron chi connectivity index (χ4n) is 2.89. The predicted molar refractivity (Wildman–Crippen MR) is 81.0 cm³/mol. The number of hydrogen-bond donors (Lipinski definition) is 1. The lowest BCUT2D eigenvalue weighted by Crippen LogP contribution is -2.62. The molecule has 0 aromatic carbocycles. The van der Waals surface area contributed by atoms with Crippen molar-refractivity contribution in [2.45, 2.75) is 72.4 Å². The summed E-state index contributed by atoms with van der Waals surface area (Å²) in [6, 6.07) is 0.692. The summed E-state index contributed by atoms with van der Waals surface area (Å²) in [6.45, 7) is 17.7. The van der Waals surface area contributed by atoms with Crippen molar-refractivity contribution >= 4 is 0 Å². The van der Waals surface area contributed by atoms with Crippen molar-refractivity contribution in [3.63, 3.8) is 0 Å². The molecule has 0 aromatic rings. The molecule has 0 bridgehead atoms. The predicted octanol–water partition coefficient (Wildman–Crippen LogP) is 3.52. The Bertz CT molecular complexity index is 233. The van der Waals surface area contributed by atoms with Crippen molar-refractivity contribution in [2.75, 3.05) is 19.6 Å². The van der Waals surface area contributed by atoms with Gasteiger partial charge in [0.15, 0.2) is 0 Å². The molecule has 0 radical (unpaired) electrons. The van der Waals surface area contributed by atoms with Crippen LogP contribution in [-0.2, 0) is 0 Å². The number of nitrogens with one attached hydrogen (secondary N) is 1. The van der Waals surface area contributed by atoms with E-state index in [4.69, 9.17) is 0 Å². The first-order chi connectivity index (χ1) is 8.31. The second kappa shape index (κ2) is 6.91. The SMILES string of the molecule is CC(C)CCCN1CC(CC(C)C)NCC1(C)C. The van der Waals surface area contributed by atoms with Gasteiger partial charge in [-0.25, -0.2) is 0 Å². The van der Waals surface area contributed by atoms with E-state index in [9.17, 15) is 0 Å². The molecule has 0 spiro atoms. The molecule has 0 aliphatic carbocycles. The highest BCUT2D eigenvalue weighted by atomic mass is 15.3. The maximum absolute atomic E-state index is 3.73. The van der Waals surface area contributed by atoms with Gasteiger partial charge in [-0.05, 0) is 51.5 Å². The Hall–Kier alpha value is -0.0800. The lowest BCUT2D eigenvalue weighted by Gasteiger charge is -2.46. The average Bonchev–Trinajstić information content (AvgIpc) is 2.21. The van der Waals surface area contributed by atoms with Crippen LogP contribution in [0.5, 0.6) is 0 Å². The molecule has 1 saturated heterocycles. The van der Waals surface area contributed by atoms with Crippen molar-refractivity contribution in [2.24, 2.45) is 11.8 Å². The Morgan fingerprint density at radius 3 is 2.39 bits per heavy atom. The van der Waals surface area contributed by atoms with Crippen molar-refractivity contribution in [1.82, 2.24) is 10.2 Å². The summed E-state index contributed by atoms with van der Waals surface area (Å²) in [5.74, 6) is 1.63. The maximum atomic E-state index is 3.73. The Morgan fingerprint density at radius 1 is 1.17 bits per heavy atom. The van der Waals surface area contributed by atoms with Crippen LogP contribution in [0.1, 0.15) is 60.8 Å². The van der Waals surface area contributed by atoms with Gasteiger partial charge in [-0.15, -0.1) is 0 Å². The smallest absolute Gasteiger partial charge is 0.0278 e. The van der Waals surface area contributed by atoms with Crippen LogP contribution in [0.15, 0.2) is 0 Å². The molecule has 2 heteroatoms. The van der Waals surface area contributed by atoms with E-state index < -0.39 is 0 Å². The molecule has 1 aliphatic rings. The van der Waals surface area contributed by atoms with E-state index in [-0.39, 0.29) is 0 Å². The molecule has 1 unspecified atom stereocenters. The van der Waals surface area contributed by atoms with Crippen molar-refractivity contribution in [1.29, 1.82) is 0 Å². The third kappa shape index (κ3) is 5.27. The Kier molecular flexibility index (Phi) is 6.13. The molecule has 0 aromatic heterocycles. The Morgan fingerprint density at radius 2 is 1.83 bits per heavy atom. The highest BCUT2D eigenvalue weighted by Crippen LogP contribution is 2.22. The highest BCUT2D eigenvalue weighted by Gasteiger charge is 2.33. The third-order valence-corrected chi connectivity index (χ3v) is 4.09. The summed E-state index contributed by atoms with van der Waals surface area (Å²) in [5, 5.41) is 3.73. The van der Waals surface area contributed by atoms with Crippen LogP contribution < -0.4 is 5.32 Å². The van der Waals surface area contributed by atoms with E-state index in [1.54, 1.807) is 0 Å². The van der Waals surface area contributed by atoms with Gasteiger partial charge in [-0.3, -0.25) is 4.90 Å². The van der Waals surface area contributed by atoms with Crippen LogP contribution in [0.25, 0.3) is 0 Å². The van der Waals surface area contributed by atoms with E-state index in [2.05, 4.69) is 51.8 Å². The first-order valence-corrected chi connectivity index (χ1v) is 7.79. The maximum Gasteiger partial charge on any atom is 0.0278 e. The third-order valence-electron chi connectivity index (χ3n) is 4.09. The normalized spacial score (nSPS) is 25.0. The summed E-state index contributed by atoms with van der Waals surface area (Å²) in [5.41, 5.74) is 0.324. The number of rotatable bonds is 6. The topological polar surface area (TPSA) is 15.3 Å². The Balaban J connectivity index is 2.44. The molecule has 1 aliphatic heterocycles. The minimum atomic E-state index is 0.324. The van der Waals surface area contributed by atoms with Gasteiger partial charge >= 0.3 is 0 Å². The molecular weight excluding hydrogens is 220 g/mol. The molecule has 1 atom stereocenters. The number of nitrogens with zero attached hydrogens (tertiary/aromatic N) is 1. The van der Waals surface area contributed by atoms with Crippen LogP contribution >= 0.6 is 0 Å². The molecule has 0 saturated carbocycles. The standard InChI is InChI=1S/C16H34N2/c1-13(2)8-7-9-18-11-15(10-14(3)4)17-12-16(18,5)6/h13-15,17H,7-12H2,1-6H3. The molecule has 1 N–H and O–H groups in total. The molecule has 18 heavy (non-hydrogen) atoms. The summed E-state index contributed by atoms with van der Waals surface area (Å²) >= 11 is 0. The minimum Gasteiger partial charge on any atom is -0.311 e. The fourth-order valence-corrected chi connectivity index (χ4v) is 2.89. The van der Waals surface area contributed by atoms with Gasteiger partial charge in [0.25, 0.3) is 0 Å². The van der Waals surface area contributed by atoms with Crippen LogP contribution in [-0.4, -0.2) is 36.1 Å². The largest absolute Gasteiger partial charge is 0.311 e. The second-order valence-electron chi connectivity index (χ2n) is 7.50. The molecular formula is C16H34N2. The summed E-state index contributed by atoms with van der Waals surface area (Å²) in [4.78, 5) is 2.71. The van der Waals surface area contributed by atoms with Crippen LogP contribution in [0.4, 0.5) is 0 Å². The van der Waals surface area contributed by atoms with Crippen molar-refractivity contribution in [3.05, 3.63) is 0 Å². The van der Waals surface area contributed by atoms with Crippen LogP contribution in [0.3, 0.4) is 0 Å². The molecule has 2 nitrogen and oxygen atoms in total. The lowest BCUT2D eigenvalue weighted by atomic mass is 9.93. The monoisotopic (exact) mass is 254 g/mol. The lowest BCUT2D eigenvalue weighted by molar-refractivity contribution is 0.0585. The van der Waals surface area contributed by atoms with Crippen molar-refractivity contribution in [3.8, 4) is 0 Å². The zero-order valence-corrected chi connectivity index (χ0v) is 13.4. The molecule has 1 rings (SSSR count). The summed E-state index contributed by atoms with van der Waals surface area (Å²) in [7, 11) is 0. The highest BCUT2D eigenvalue weighted by molar-refractivity contribution is 4.92. The van der Waals surface area contributed by atoms with E-state index in [1.807, 2.05) is 0 Å². The van der Waals surface area contributed by atoms with E-state index in [1.165, 1.54) is 32.4 Å². The summed E-state index contributed by atoms with van der Waals surface area (Å²) < 4.78 is 0. The molecule has 0 amide bonds. The zero-order chi connectivity index (χ0) is 13.8. The van der Waals surface area contributed by atoms with Gasteiger partial charge < -0.3 is 5.32 Å². The number of hydrogen-bond acceptors (Lipinski definition) is 2. The van der Waals surface area contributed by atoms with Crippen LogP contribution in [0, 0.1) is 11.8 Å². The fraction of sp³-hybridized carbons (Fsp3) is 1.00. The van der Waals surface area contributed by atoms with E-state index in [0.29, 0.717) is 11.6 Å². The van der Waals surface area contributed by atoms with Gasteiger partial charge in [-0.1, -0.05) is 27.7 Å². The first-order valence-electron chi connectivity index (χ1n) is 7.79. The van der Waals surface area contributed by atoms with Gasteiger partial charge in [0, 0.05) is 24.7 Å². The zero-order valence-electron chi connectivity index (χ0n) is 13.4. The summed E-state index contributed by atoms with van der Waals surface area (Å²) in [6.07, 6.45) is 4.00. The molecule has 1 heterocycles. The Labute approximate surface area is 115 Å². The van der Waals surface area contributed by atoms with Gasteiger partial charge in [0.2, 0.25) is 0 Å².